The molecule has 34 heavy (non-hydrogen) atoms. The number of pyridine rings is 1. The fraction of sp³-hybridized carbons (Fsp3) is 0.136. The van der Waals surface area contributed by atoms with Gasteiger partial charge < -0.3 is 5.32 Å². The zero-order valence-electron chi connectivity index (χ0n) is 17.6. The van der Waals surface area contributed by atoms with Crippen molar-refractivity contribution in [2.75, 3.05) is 11.1 Å². The Morgan fingerprint density at radius 2 is 1.94 bits per heavy atom. The predicted octanol–water partition coefficient (Wildman–Crippen LogP) is 4.52. The summed E-state index contributed by atoms with van der Waals surface area (Å²) in [5, 5.41) is 16.4. The highest BCUT2D eigenvalue weighted by Crippen LogP contribution is 2.33. The molecule has 0 atom stereocenters. The van der Waals surface area contributed by atoms with Crippen LogP contribution in [0.25, 0.3) is 22.2 Å². The van der Waals surface area contributed by atoms with Crippen LogP contribution in [0.15, 0.2) is 66.3 Å². The largest absolute Gasteiger partial charge is 0.416 e. The molecular weight excluding hydrogens is 467 g/mol. The topological polar surface area (TPSA) is 90.0 Å². The Kier molecular flexibility index (Phi) is 5.44. The summed E-state index contributed by atoms with van der Waals surface area (Å²) >= 11 is 1.14. The summed E-state index contributed by atoms with van der Waals surface area (Å²) in [5.74, 6) is -0.588. The number of thioether (sulfide) groups is 1. The van der Waals surface area contributed by atoms with E-state index in [1.54, 1.807) is 0 Å². The highest BCUT2D eigenvalue weighted by molar-refractivity contribution is 7.99. The van der Waals surface area contributed by atoms with Crippen LogP contribution < -0.4 is 5.32 Å². The Morgan fingerprint density at radius 1 is 1.12 bits per heavy atom. The van der Waals surface area contributed by atoms with Gasteiger partial charge in [0.15, 0.2) is 10.8 Å². The lowest BCUT2D eigenvalue weighted by atomic mass is 10.1. The van der Waals surface area contributed by atoms with Crippen LogP contribution in [-0.4, -0.2) is 41.0 Å². The minimum Gasteiger partial charge on any atom is -0.323 e. The quantitative estimate of drug-likeness (QED) is 0.370. The van der Waals surface area contributed by atoms with Gasteiger partial charge in [-0.3, -0.25) is 9.20 Å². The summed E-state index contributed by atoms with van der Waals surface area (Å²) in [5.41, 5.74) is 1.94. The number of nitrogens with zero attached hydrogens (tertiary/aromatic N) is 6. The number of benzene rings is 2. The third-order valence-corrected chi connectivity index (χ3v) is 6.10. The van der Waals surface area contributed by atoms with E-state index in [4.69, 9.17) is 0 Å². The van der Waals surface area contributed by atoms with Crippen LogP contribution in [0.5, 0.6) is 0 Å². The van der Waals surface area contributed by atoms with E-state index in [0.717, 1.165) is 40.4 Å². The number of fused-ring (bicyclic) bond motifs is 3. The summed E-state index contributed by atoms with van der Waals surface area (Å²) in [6, 6.07) is 12.7. The highest BCUT2D eigenvalue weighted by Gasteiger charge is 2.31. The number of carbonyl (C=O) groups is 1. The van der Waals surface area contributed by atoms with Gasteiger partial charge in [-0.05, 0) is 42.8 Å². The van der Waals surface area contributed by atoms with Gasteiger partial charge in [-0.2, -0.15) is 18.3 Å². The van der Waals surface area contributed by atoms with Gasteiger partial charge in [-0.15, -0.1) is 10.2 Å². The zero-order valence-corrected chi connectivity index (χ0v) is 18.4. The number of nitrogens with one attached hydrogen (secondary N) is 1. The number of para-hydroxylation sites is 1. The van der Waals surface area contributed by atoms with E-state index in [-0.39, 0.29) is 17.1 Å². The van der Waals surface area contributed by atoms with Crippen LogP contribution in [0.1, 0.15) is 11.1 Å². The number of anilines is 1. The monoisotopic (exact) mass is 483 g/mol. The van der Waals surface area contributed by atoms with Crippen LogP contribution in [-0.2, 0) is 11.0 Å². The van der Waals surface area contributed by atoms with Crippen molar-refractivity contribution in [1.82, 2.24) is 29.4 Å². The third kappa shape index (κ3) is 4.07. The average molecular weight is 483 g/mol. The first-order valence-electron chi connectivity index (χ1n) is 10.0. The van der Waals surface area contributed by atoms with Crippen LogP contribution in [0.4, 0.5) is 18.9 Å². The highest BCUT2D eigenvalue weighted by atomic mass is 32.2. The molecule has 2 aromatic carbocycles. The average Bonchev–Trinajstić information content (AvgIpc) is 3.47. The van der Waals surface area contributed by atoms with Crippen molar-refractivity contribution >= 4 is 39.9 Å². The molecule has 1 amide bonds. The maximum atomic E-state index is 13.2. The number of hydrogen-bond acceptors (Lipinski definition) is 6. The van der Waals surface area contributed by atoms with Gasteiger partial charge in [0.25, 0.3) is 0 Å². The second-order valence-corrected chi connectivity index (χ2v) is 8.37. The van der Waals surface area contributed by atoms with E-state index in [9.17, 15) is 18.0 Å². The van der Waals surface area contributed by atoms with Crippen LogP contribution >= 0.6 is 11.8 Å². The van der Waals surface area contributed by atoms with Gasteiger partial charge in [0.05, 0.1) is 28.2 Å². The van der Waals surface area contributed by atoms with E-state index in [2.05, 4.69) is 25.6 Å². The van der Waals surface area contributed by atoms with E-state index in [1.165, 1.54) is 23.4 Å². The van der Waals surface area contributed by atoms with Gasteiger partial charge >= 0.3 is 6.18 Å². The Bertz CT molecular complexity index is 1510. The first kappa shape index (κ1) is 21.9. The number of alkyl halides is 3. The molecule has 0 unspecified atom stereocenters. The van der Waals surface area contributed by atoms with Crippen molar-refractivity contribution in [1.29, 1.82) is 0 Å². The number of aromatic nitrogens is 6. The maximum absolute atomic E-state index is 13.2. The van der Waals surface area contributed by atoms with Gasteiger partial charge in [0.1, 0.15) is 12.7 Å². The summed E-state index contributed by atoms with van der Waals surface area (Å²) in [6.07, 6.45) is -1.97. The van der Waals surface area contributed by atoms with Crippen molar-refractivity contribution in [3.05, 3.63) is 72.3 Å². The van der Waals surface area contributed by atoms with Crippen molar-refractivity contribution in [2.24, 2.45) is 0 Å². The molecule has 0 bridgehead atoms. The lowest BCUT2D eigenvalue weighted by molar-refractivity contribution is -0.137. The molecule has 0 spiro atoms. The van der Waals surface area contributed by atoms with Crippen molar-refractivity contribution in [3.63, 3.8) is 0 Å². The number of amides is 1. The van der Waals surface area contributed by atoms with E-state index in [1.807, 2.05) is 41.7 Å². The number of halogens is 3. The first-order valence-corrected chi connectivity index (χ1v) is 11.0. The second-order valence-electron chi connectivity index (χ2n) is 7.43. The van der Waals surface area contributed by atoms with E-state index < -0.39 is 17.6 Å². The molecule has 5 rings (SSSR count). The maximum Gasteiger partial charge on any atom is 0.416 e. The van der Waals surface area contributed by atoms with Crippen molar-refractivity contribution in [2.45, 2.75) is 18.3 Å². The molecule has 12 heteroatoms. The molecule has 3 aromatic heterocycles. The summed E-state index contributed by atoms with van der Waals surface area (Å²) in [4.78, 5) is 16.5. The summed E-state index contributed by atoms with van der Waals surface area (Å²) < 4.78 is 42.9. The number of carbonyl (C=O) groups excluding carboxylic acids is 1. The summed E-state index contributed by atoms with van der Waals surface area (Å²) in [6.45, 7) is 1.99. The van der Waals surface area contributed by atoms with Gasteiger partial charge in [0, 0.05) is 5.39 Å². The molecule has 0 radical (unpaired) electrons. The van der Waals surface area contributed by atoms with Gasteiger partial charge in [0.2, 0.25) is 5.91 Å². The minimum atomic E-state index is -4.56. The van der Waals surface area contributed by atoms with Gasteiger partial charge in [-0.1, -0.05) is 30.0 Å². The molecule has 0 aliphatic carbocycles. The van der Waals surface area contributed by atoms with E-state index in [0.29, 0.717) is 10.8 Å². The lowest BCUT2D eigenvalue weighted by Crippen LogP contribution is -2.17. The first-order chi connectivity index (χ1) is 16.3. The molecule has 0 saturated carbocycles. The molecule has 0 saturated heterocycles. The SMILES string of the molecule is Cc1cc2nnc(SCC(=O)Nc3cc(C(F)(F)F)ccc3-n3cncn3)n2c2ccccc12. The van der Waals surface area contributed by atoms with Crippen LogP contribution in [0.3, 0.4) is 0 Å². The Morgan fingerprint density at radius 3 is 2.71 bits per heavy atom. The normalized spacial score (nSPS) is 11.9. The van der Waals surface area contributed by atoms with Crippen LogP contribution in [0.2, 0.25) is 0 Å². The van der Waals surface area contributed by atoms with Crippen molar-refractivity contribution in [3.8, 4) is 5.69 Å². The van der Waals surface area contributed by atoms with Gasteiger partial charge in [-0.25, -0.2) is 9.67 Å². The third-order valence-electron chi connectivity index (χ3n) is 5.17. The minimum absolute atomic E-state index is 0.0295. The standard InChI is InChI=1S/C22H16F3N7OS/c1-13-8-19-29-30-21(32(19)17-5-3-2-4-15(13)17)34-10-20(33)28-16-9-14(22(23,24)25)6-7-18(16)31-12-26-11-27-31/h2-9,11-12H,10H2,1H3,(H,28,33). The molecule has 5 aromatic rings. The Balaban J connectivity index is 1.41. The molecule has 172 valence electrons. The number of hydrogen-bond donors (Lipinski definition) is 1. The summed E-state index contributed by atoms with van der Waals surface area (Å²) in [7, 11) is 0. The fourth-order valence-electron chi connectivity index (χ4n) is 3.63. The molecule has 1 N–H and O–H groups in total. The molecule has 8 nitrogen and oxygen atoms in total. The Labute approximate surface area is 194 Å². The molecule has 3 heterocycles. The smallest absolute Gasteiger partial charge is 0.323 e. The lowest BCUT2D eigenvalue weighted by Gasteiger charge is -2.14. The Hall–Kier alpha value is -3.93. The van der Waals surface area contributed by atoms with E-state index >= 15 is 0 Å². The fourth-order valence-corrected chi connectivity index (χ4v) is 4.38. The predicted molar refractivity (Wildman–Crippen MR) is 121 cm³/mol. The zero-order chi connectivity index (χ0) is 23.9. The van der Waals surface area contributed by atoms with Crippen LogP contribution in [0, 0.1) is 6.92 Å². The molecular formula is C22H16F3N7OS. The molecule has 0 aliphatic rings. The molecule has 0 fully saturated rings. The number of aryl methyl sites for hydroxylation is 1. The van der Waals surface area contributed by atoms with Crippen molar-refractivity contribution < 1.29 is 18.0 Å². The number of rotatable bonds is 5. The second kappa shape index (κ2) is 8.45. The molecule has 0 aliphatic heterocycles.